The highest BCUT2D eigenvalue weighted by Gasteiger charge is 2.47. The molecule has 0 unspecified atom stereocenters. The minimum absolute atomic E-state index is 0.108. The van der Waals surface area contributed by atoms with Gasteiger partial charge in [-0.25, -0.2) is 9.69 Å². The standard InChI is InChI=1S/C21H31N3O3/c1-21(13-12-17-8-10-18(27-2)11-9-17)19(25)24(20(26)22-21)16-23-14-6-4-3-5-7-15-23/h8-11H,3-7,12-16H2,1-2H3,(H,22,26)/t21-/m1/s1. The van der Waals surface area contributed by atoms with Gasteiger partial charge >= 0.3 is 6.03 Å². The molecule has 0 spiro atoms. The quantitative estimate of drug-likeness (QED) is 0.778. The van der Waals surface area contributed by atoms with Crippen LogP contribution in [0.25, 0.3) is 0 Å². The van der Waals surface area contributed by atoms with E-state index in [1.165, 1.54) is 24.2 Å². The lowest BCUT2D eigenvalue weighted by Gasteiger charge is -2.28. The van der Waals surface area contributed by atoms with E-state index in [-0.39, 0.29) is 11.9 Å². The van der Waals surface area contributed by atoms with Crippen LogP contribution in [-0.2, 0) is 11.2 Å². The van der Waals surface area contributed by atoms with Gasteiger partial charge in [-0.1, -0.05) is 31.4 Å². The maximum absolute atomic E-state index is 13.0. The number of benzene rings is 1. The van der Waals surface area contributed by atoms with Crippen LogP contribution in [0.5, 0.6) is 5.75 Å². The molecule has 2 aliphatic heterocycles. The molecule has 2 heterocycles. The van der Waals surface area contributed by atoms with E-state index in [0.717, 1.165) is 43.7 Å². The van der Waals surface area contributed by atoms with E-state index >= 15 is 0 Å². The largest absolute Gasteiger partial charge is 0.497 e. The van der Waals surface area contributed by atoms with Crippen molar-refractivity contribution in [2.45, 2.75) is 57.4 Å². The number of likely N-dealkylation sites (tertiary alicyclic amines) is 1. The number of methoxy groups -OCH3 is 1. The number of hydrogen-bond donors (Lipinski definition) is 1. The fourth-order valence-corrected chi connectivity index (χ4v) is 3.89. The third kappa shape index (κ3) is 4.80. The van der Waals surface area contributed by atoms with Gasteiger partial charge in [0, 0.05) is 0 Å². The summed E-state index contributed by atoms with van der Waals surface area (Å²) in [4.78, 5) is 29.1. The van der Waals surface area contributed by atoms with Crippen LogP contribution in [0.3, 0.4) is 0 Å². The molecule has 1 N–H and O–H groups in total. The summed E-state index contributed by atoms with van der Waals surface area (Å²) in [5.74, 6) is 0.706. The van der Waals surface area contributed by atoms with Crippen molar-refractivity contribution in [1.82, 2.24) is 15.1 Å². The van der Waals surface area contributed by atoms with Crippen molar-refractivity contribution in [3.05, 3.63) is 29.8 Å². The number of ether oxygens (including phenoxy) is 1. The van der Waals surface area contributed by atoms with Gasteiger partial charge in [0.2, 0.25) is 0 Å². The number of nitrogens with zero attached hydrogens (tertiary/aromatic N) is 2. The van der Waals surface area contributed by atoms with E-state index in [0.29, 0.717) is 13.1 Å². The van der Waals surface area contributed by atoms with Crippen LogP contribution in [0.15, 0.2) is 24.3 Å². The molecule has 1 atom stereocenters. The number of aryl methyl sites for hydroxylation is 1. The highest BCUT2D eigenvalue weighted by molar-refractivity contribution is 6.06. The molecule has 6 nitrogen and oxygen atoms in total. The second-order valence-corrected chi connectivity index (χ2v) is 7.87. The van der Waals surface area contributed by atoms with Gasteiger partial charge < -0.3 is 10.1 Å². The van der Waals surface area contributed by atoms with Gasteiger partial charge in [0.25, 0.3) is 5.91 Å². The second kappa shape index (κ2) is 8.74. The molecule has 2 aliphatic rings. The van der Waals surface area contributed by atoms with Crippen molar-refractivity contribution in [3.8, 4) is 5.75 Å². The topological polar surface area (TPSA) is 61.9 Å². The van der Waals surface area contributed by atoms with Crippen molar-refractivity contribution >= 4 is 11.9 Å². The molecule has 0 radical (unpaired) electrons. The highest BCUT2D eigenvalue weighted by atomic mass is 16.5. The number of urea groups is 1. The third-order valence-electron chi connectivity index (χ3n) is 5.71. The first-order valence-electron chi connectivity index (χ1n) is 10.0. The summed E-state index contributed by atoms with van der Waals surface area (Å²) in [6, 6.07) is 7.57. The van der Waals surface area contributed by atoms with Crippen molar-refractivity contribution in [2.24, 2.45) is 0 Å². The number of nitrogens with one attached hydrogen (secondary N) is 1. The van der Waals surface area contributed by atoms with Crippen LogP contribution < -0.4 is 10.1 Å². The molecular formula is C21H31N3O3. The monoisotopic (exact) mass is 373 g/mol. The van der Waals surface area contributed by atoms with E-state index in [9.17, 15) is 9.59 Å². The highest BCUT2D eigenvalue weighted by Crippen LogP contribution is 2.24. The number of carbonyl (C=O) groups is 2. The van der Waals surface area contributed by atoms with Crippen molar-refractivity contribution in [3.63, 3.8) is 0 Å². The summed E-state index contributed by atoms with van der Waals surface area (Å²) in [5.41, 5.74) is 0.293. The lowest BCUT2D eigenvalue weighted by Crippen LogP contribution is -2.46. The number of imide groups is 1. The first-order chi connectivity index (χ1) is 13.0. The molecule has 2 saturated heterocycles. The Bertz CT molecular complexity index is 653. The number of carbonyl (C=O) groups excluding carboxylic acids is 2. The van der Waals surface area contributed by atoms with E-state index in [2.05, 4.69) is 10.2 Å². The average Bonchev–Trinajstić information content (AvgIpc) is 2.85. The Morgan fingerprint density at radius 3 is 2.30 bits per heavy atom. The Balaban J connectivity index is 1.59. The summed E-state index contributed by atoms with van der Waals surface area (Å²) in [6.07, 6.45) is 7.34. The Hall–Kier alpha value is -2.08. The maximum atomic E-state index is 13.0. The van der Waals surface area contributed by atoms with Crippen LogP contribution in [0.2, 0.25) is 0 Å². The molecule has 0 saturated carbocycles. The van der Waals surface area contributed by atoms with Gasteiger partial charge in [-0.3, -0.25) is 9.69 Å². The average molecular weight is 373 g/mol. The predicted octanol–water partition coefficient (Wildman–Crippen LogP) is 3.16. The van der Waals surface area contributed by atoms with Crippen molar-refractivity contribution < 1.29 is 14.3 Å². The Kier molecular flexibility index (Phi) is 6.37. The van der Waals surface area contributed by atoms with E-state index in [1.54, 1.807) is 7.11 Å². The predicted molar refractivity (Wildman–Crippen MR) is 105 cm³/mol. The zero-order valence-corrected chi connectivity index (χ0v) is 16.5. The second-order valence-electron chi connectivity index (χ2n) is 7.87. The van der Waals surface area contributed by atoms with Gasteiger partial charge in [0.05, 0.1) is 13.8 Å². The summed E-state index contributed by atoms with van der Waals surface area (Å²) in [7, 11) is 1.64. The van der Waals surface area contributed by atoms with E-state index < -0.39 is 5.54 Å². The normalized spacial score (nSPS) is 24.4. The number of amides is 3. The Morgan fingerprint density at radius 1 is 1.04 bits per heavy atom. The summed E-state index contributed by atoms with van der Waals surface area (Å²) >= 11 is 0. The molecule has 0 bridgehead atoms. The van der Waals surface area contributed by atoms with Crippen LogP contribution in [0.1, 0.15) is 51.0 Å². The first kappa shape index (κ1) is 19.7. The number of hydrogen-bond acceptors (Lipinski definition) is 4. The molecule has 0 aliphatic carbocycles. The minimum atomic E-state index is -0.834. The van der Waals surface area contributed by atoms with Crippen LogP contribution in [0.4, 0.5) is 4.79 Å². The molecule has 27 heavy (non-hydrogen) atoms. The third-order valence-corrected chi connectivity index (χ3v) is 5.71. The summed E-state index contributed by atoms with van der Waals surface area (Å²) in [6.45, 7) is 4.16. The molecule has 3 rings (SSSR count). The molecule has 2 fully saturated rings. The first-order valence-corrected chi connectivity index (χ1v) is 10.0. The van der Waals surface area contributed by atoms with Gasteiger partial charge in [-0.15, -0.1) is 0 Å². The lowest BCUT2D eigenvalue weighted by molar-refractivity contribution is -0.132. The smallest absolute Gasteiger partial charge is 0.326 e. The van der Waals surface area contributed by atoms with Gasteiger partial charge in [-0.2, -0.15) is 0 Å². The van der Waals surface area contributed by atoms with Crippen LogP contribution in [-0.4, -0.2) is 54.1 Å². The molecular weight excluding hydrogens is 342 g/mol. The molecule has 148 valence electrons. The fraction of sp³-hybridized carbons (Fsp3) is 0.619. The van der Waals surface area contributed by atoms with Gasteiger partial charge in [0.1, 0.15) is 11.3 Å². The van der Waals surface area contributed by atoms with Crippen molar-refractivity contribution in [1.29, 1.82) is 0 Å². The van der Waals surface area contributed by atoms with Crippen molar-refractivity contribution in [2.75, 3.05) is 26.9 Å². The van der Waals surface area contributed by atoms with Gasteiger partial charge in [0.15, 0.2) is 0 Å². The molecule has 1 aromatic carbocycles. The van der Waals surface area contributed by atoms with Gasteiger partial charge in [-0.05, 0) is 63.4 Å². The zero-order valence-electron chi connectivity index (χ0n) is 16.5. The Labute approximate surface area is 161 Å². The Morgan fingerprint density at radius 2 is 1.67 bits per heavy atom. The molecule has 1 aromatic rings. The number of rotatable bonds is 6. The molecule has 3 amide bonds. The van der Waals surface area contributed by atoms with E-state index in [1.807, 2.05) is 31.2 Å². The summed E-state index contributed by atoms with van der Waals surface area (Å²) in [5, 5.41) is 2.93. The summed E-state index contributed by atoms with van der Waals surface area (Å²) < 4.78 is 5.18. The van der Waals surface area contributed by atoms with Crippen LogP contribution in [0, 0.1) is 0 Å². The van der Waals surface area contributed by atoms with Crippen LogP contribution >= 0.6 is 0 Å². The molecule has 6 heteroatoms. The maximum Gasteiger partial charge on any atom is 0.326 e. The SMILES string of the molecule is COc1ccc(CC[C@@]2(C)NC(=O)N(CN3CCCCCCC3)C2=O)cc1. The zero-order chi connectivity index (χ0) is 19.3. The minimum Gasteiger partial charge on any atom is -0.497 e. The lowest BCUT2D eigenvalue weighted by atomic mass is 9.93. The van der Waals surface area contributed by atoms with E-state index in [4.69, 9.17) is 4.74 Å². The fourth-order valence-electron chi connectivity index (χ4n) is 3.89. The molecule has 0 aromatic heterocycles.